The Bertz CT molecular complexity index is 1390. The standard InChI is InChI=1S/C31H28O6/c1-30(2)23-12-20-11-21(13-23)17-31(30,16-20)22-9-7-18(8-10-22)5-3-4-6-19-14-24(27(32)33)26(29(36)37)25(15-19)28(34)35/h7-10,14-15,20-21,23H,11-13,16-17H2,1-2H3,(H,32,33)(H,34,35)(H,36,37). The summed E-state index contributed by atoms with van der Waals surface area (Å²) in [6, 6.07) is 10.5. The van der Waals surface area contributed by atoms with Crippen molar-refractivity contribution < 1.29 is 29.7 Å². The first-order valence-corrected chi connectivity index (χ1v) is 12.5. The van der Waals surface area contributed by atoms with Crippen LogP contribution in [0.4, 0.5) is 0 Å². The molecule has 0 spiro atoms. The Balaban J connectivity index is 1.40. The topological polar surface area (TPSA) is 112 Å². The summed E-state index contributed by atoms with van der Waals surface area (Å²) < 4.78 is 0. The maximum absolute atomic E-state index is 11.5. The zero-order valence-electron chi connectivity index (χ0n) is 20.8. The van der Waals surface area contributed by atoms with E-state index < -0.39 is 34.6 Å². The van der Waals surface area contributed by atoms with Crippen LogP contribution < -0.4 is 0 Å². The number of benzene rings is 2. The normalized spacial score (nSPS) is 26.4. The molecule has 6 heteroatoms. The van der Waals surface area contributed by atoms with Crippen LogP contribution in [0.2, 0.25) is 0 Å². The number of carbonyl (C=O) groups is 3. The van der Waals surface area contributed by atoms with Crippen LogP contribution in [0.3, 0.4) is 0 Å². The number of carboxylic acids is 3. The highest BCUT2D eigenvalue weighted by Gasteiger charge is 2.61. The highest BCUT2D eigenvalue weighted by molar-refractivity contribution is 6.09. The molecular weight excluding hydrogens is 468 g/mol. The highest BCUT2D eigenvalue weighted by atomic mass is 16.4. The van der Waals surface area contributed by atoms with Crippen molar-refractivity contribution in [3.05, 3.63) is 69.8 Å². The molecular formula is C31H28O6. The summed E-state index contributed by atoms with van der Waals surface area (Å²) in [5, 5.41) is 28.0. The van der Waals surface area contributed by atoms with E-state index in [4.69, 9.17) is 0 Å². The number of aromatic carboxylic acids is 3. The van der Waals surface area contributed by atoms with Gasteiger partial charge in [0.15, 0.2) is 0 Å². The fraction of sp³-hybridized carbons (Fsp3) is 0.387. The van der Waals surface area contributed by atoms with Crippen LogP contribution in [-0.4, -0.2) is 33.2 Å². The van der Waals surface area contributed by atoms with Gasteiger partial charge in [-0.05, 0) is 96.9 Å². The first kappa shape index (κ1) is 24.7. The average molecular weight is 497 g/mol. The van der Waals surface area contributed by atoms with Crippen LogP contribution >= 0.6 is 0 Å². The van der Waals surface area contributed by atoms with E-state index in [9.17, 15) is 29.7 Å². The largest absolute Gasteiger partial charge is 0.478 e. The first-order valence-electron chi connectivity index (χ1n) is 12.5. The van der Waals surface area contributed by atoms with Gasteiger partial charge in [-0.2, -0.15) is 0 Å². The van der Waals surface area contributed by atoms with Gasteiger partial charge >= 0.3 is 17.9 Å². The van der Waals surface area contributed by atoms with Crippen molar-refractivity contribution in [2.45, 2.75) is 51.4 Å². The van der Waals surface area contributed by atoms with E-state index in [1.165, 1.54) is 37.7 Å². The van der Waals surface area contributed by atoms with Gasteiger partial charge in [-0.1, -0.05) is 37.8 Å². The monoisotopic (exact) mass is 496 g/mol. The van der Waals surface area contributed by atoms with Crippen molar-refractivity contribution in [3.63, 3.8) is 0 Å². The Labute approximate surface area is 215 Å². The van der Waals surface area contributed by atoms with Crippen LogP contribution in [0.5, 0.6) is 0 Å². The molecule has 6 rings (SSSR count). The Hall–Kier alpha value is -4.03. The summed E-state index contributed by atoms with van der Waals surface area (Å²) in [5.41, 5.74) is 0.722. The molecule has 0 amide bonds. The van der Waals surface area contributed by atoms with Crippen LogP contribution in [0.25, 0.3) is 0 Å². The zero-order valence-corrected chi connectivity index (χ0v) is 20.8. The molecule has 4 fully saturated rings. The molecule has 37 heavy (non-hydrogen) atoms. The van der Waals surface area contributed by atoms with Gasteiger partial charge in [0, 0.05) is 16.5 Å². The van der Waals surface area contributed by atoms with Gasteiger partial charge in [-0.3, -0.25) is 0 Å². The first-order chi connectivity index (χ1) is 17.5. The summed E-state index contributed by atoms with van der Waals surface area (Å²) in [6.45, 7) is 4.90. The third kappa shape index (κ3) is 4.07. The summed E-state index contributed by atoms with van der Waals surface area (Å²) in [5.74, 6) is 8.74. The van der Waals surface area contributed by atoms with Gasteiger partial charge < -0.3 is 15.3 Å². The molecule has 2 unspecified atom stereocenters. The van der Waals surface area contributed by atoms with Crippen molar-refractivity contribution in [1.29, 1.82) is 0 Å². The minimum atomic E-state index is -1.63. The summed E-state index contributed by atoms with van der Waals surface area (Å²) in [4.78, 5) is 34.4. The molecule has 0 aromatic heterocycles. The number of hydrogen-bond acceptors (Lipinski definition) is 3. The average Bonchev–Trinajstić information content (AvgIpc) is 2.84. The molecule has 188 valence electrons. The molecule has 6 nitrogen and oxygen atoms in total. The predicted molar refractivity (Wildman–Crippen MR) is 137 cm³/mol. The van der Waals surface area contributed by atoms with Gasteiger partial charge in [-0.25, -0.2) is 14.4 Å². The predicted octanol–water partition coefficient (Wildman–Crippen LogP) is 5.29. The minimum Gasteiger partial charge on any atom is -0.478 e. The SMILES string of the molecule is CC1(C)C2CC3CC(C2)CC1(c1ccc(C#CC#Cc2cc(C(=O)O)c(C(=O)O)c(C(=O)O)c2)cc1)C3. The van der Waals surface area contributed by atoms with E-state index in [1.54, 1.807) is 0 Å². The van der Waals surface area contributed by atoms with Crippen molar-refractivity contribution in [2.75, 3.05) is 0 Å². The van der Waals surface area contributed by atoms with E-state index >= 15 is 0 Å². The van der Waals surface area contributed by atoms with Crippen molar-refractivity contribution in [3.8, 4) is 23.7 Å². The molecule has 0 aliphatic heterocycles. The maximum Gasteiger partial charge on any atom is 0.337 e. The van der Waals surface area contributed by atoms with Gasteiger partial charge in [0.05, 0.1) is 16.7 Å². The van der Waals surface area contributed by atoms with Gasteiger partial charge in [0.2, 0.25) is 0 Å². The summed E-state index contributed by atoms with van der Waals surface area (Å²) in [6.07, 6.45) is 6.65. The number of rotatable bonds is 4. The van der Waals surface area contributed by atoms with E-state index in [2.05, 4.69) is 49.7 Å². The molecule has 0 radical (unpaired) electrons. The Morgan fingerprint density at radius 1 is 0.757 bits per heavy atom. The summed E-state index contributed by atoms with van der Waals surface area (Å²) >= 11 is 0. The zero-order chi connectivity index (χ0) is 26.5. The molecule has 2 atom stereocenters. The molecule has 4 aliphatic carbocycles. The quantitative estimate of drug-likeness (QED) is 0.496. The van der Waals surface area contributed by atoms with E-state index in [0.29, 0.717) is 0 Å². The number of hydrogen-bond donors (Lipinski definition) is 3. The lowest BCUT2D eigenvalue weighted by molar-refractivity contribution is -0.113. The Morgan fingerprint density at radius 3 is 1.76 bits per heavy atom. The Kier molecular flexibility index (Phi) is 5.88. The second-order valence-corrected chi connectivity index (χ2v) is 11.3. The van der Waals surface area contributed by atoms with Crippen molar-refractivity contribution in [2.24, 2.45) is 23.2 Å². The molecule has 4 aliphatic rings. The van der Waals surface area contributed by atoms with Crippen LogP contribution in [-0.2, 0) is 5.41 Å². The second-order valence-electron chi connectivity index (χ2n) is 11.3. The molecule has 2 aromatic rings. The van der Waals surface area contributed by atoms with Gasteiger partial charge in [0.1, 0.15) is 0 Å². The molecule has 0 saturated heterocycles. The van der Waals surface area contributed by atoms with Crippen molar-refractivity contribution >= 4 is 17.9 Å². The lowest BCUT2D eigenvalue weighted by Crippen LogP contribution is -2.59. The number of carboxylic acid groups (broad SMARTS) is 3. The van der Waals surface area contributed by atoms with E-state index in [1.807, 2.05) is 12.1 Å². The molecule has 4 bridgehead atoms. The fourth-order valence-electron chi connectivity index (χ4n) is 7.44. The van der Waals surface area contributed by atoms with E-state index in [-0.39, 0.29) is 16.4 Å². The smallest absolute Gasteiger partial charge is 0.337 e. The van der Waals surface area contributed by atoms with Crippen LogP contribution in [0.15, 0.2) is 36.4 Å². The fourth-order valence-corrected chi connectivity index (χ4v) is 7.44. The second kappa shape index (κ2) is 8.82. The van der Waals surface area contributed by atoms with E-state index in [0.717, 1.165) is 35.4 Å². The van der Waals surface area contributed by atoms with Gasteiger partial charge in [-0.15, -0.1) is 0 Å². The molecule has 4 saturated carbocycles. The lowest BCUT2D eigenvalue weighted by atomic mass is 9.38. The van der Waals surface area contributed by atoms with Crippen molar-refractivity contribution in [1.82, 2.24) is 0 Å². The minimum absolute atomic E-state index is 0.0634. The Morgan fingerprint density at radius 2 is 1.27 bits per heavy atom. The molecule has 0 heterocycles. The summed E-state index contributed by atoms with van der Waals surface area (Å²) in [7, 11) is 0. The molecule has 3 N–H and O–H groups in total. The third-order valence-corrected chi connectivity index (χ3v) is 9.16. The lowest BCUT2D eigenvalue weighted by Gasteiger charge is -2.66. The highest BCUT2D eigenvalue weighted by Crippen LogP contribution is 2.68. The maximum atomic E-state index is 11.5. The van der Waals surface area contributed by atoms with Crippen LogP contribution in [0.1, 0.15) is 93.7 Å². The molecule has 2 aromatic carbocycles. The van der Waals surface area contributed by atoms with Crippen LogP contribution in [0, 0.1) is 46.9 Å². The van der Waals surface area contributed by atoms with Gasteiger partial charge in [0.25, 0.3) is 0 Å². The third-order valence-electron chi connectivity index (χ3n) is 9.16.